The zero-order chi connectivity index (χ0) is 14.2. The molecular formula is C15H20O4. The first-order valence-electron chi connectivity index (χ1n) is 6.71. The average molecular weight is 264 g/mol. The number of hydrogen-bond acceptors (Lipinski definition) is 4. The van der Waals surface area contributed by atoms with Crippen molar-refractivity contribution in [1.82, 2.24) is 0 Å². The van der Waals surface area contributed by atoms with E-state index < -0.39 is 6.10 Å². The molecule has 0 saturated carbocycles. The van der Waals surface area contributed by atoms with Gasteiger partial charge in [0.25, 0.3) is 0 Å². The van der Waals surface area contributed by atoms with Crippen LogP contribution in [0.3, 0.4) is 0 Å². The van der Waals surface area contributed by atoms with Gasteiger partial charge in [-0.3, -0.25) is 4.79 Å². The predicted molar refractivity (Wildman–Crippen MR) is 70.3 cm³/mol. The van der Waals surface area contributed by atoms with Crippen molar-refractivity contribution in [1.29, 1.82) is 0 Å². The number of aliphatic hydroxyl groups excluding tert-OH is 1. The van der Waals surface area contributed by atoms with Gasteiger partial charge in [-0.25, -0.2) is 4.79 Å². The Kier molecular flexibility index (Phi) is 3.90. The van der Waals surface area contributed by atoms with E-state index in [-0.39, 0.29) is 36.1 Å². The standard InChI is InChI=1S/C15H20O4/c1-8-6-14-12(10(3)15(18)19-14)5-4-11(8)13(17)7-9(2)16/h4,8-9,12,14,16H,3,5-7H2,1-2H3. The van der Waals surface area contributed by atoms with E-state index in [1.807, 2.05) is 13.0 Å². The molecule has 1 aliphatic carbocycles. The van der Waals surface area contributed by atoms with E-state index in [1.165, 1.54) is 0 Å². The number of hydrogen-bond donors (Lipinski definition) is 1. The van der Waals surface area contributed by atoms with Gasteiger partial charge < -0.3 is 9.84 Å². The van der Waals surface area contributed by atoms with Gasteiger partial charge >= 0.3 is 5.97 Å². The quantitative estimate of drug-likeness (QED) is 0.623. The van der Waals surface area contributed by atoms with Crippen LogP contribution < -0.4 is 0 Å². The second kappa shape index (κ2) is 5.29. The second-order valence-corrected chi connectivity index (χ2v) is 5.58. The fourth-order valence-electron chi connectivity index (χ4n) is 2.88. The van der Waals surface area contributed by atoms with Gasteiger partial charge in [0.2, 0.25) is 0 Å². The summed E-state index contributed by atoms with van der Waals surface area (Å²) in [7, 11) is 0. The summed E-state index contributed by atoms with van der Waals surface area (Å²) < 4.78 is 5.30. The minimum absolute atomic E-state index is 0.00759. The zero-order valence-corrected chi connectivity index (χ0v) is 11.4. The Morgan fingerprint density at radius 3 is 2.95 bits per heavy atom. The molecule has 4 heteroatoms. The van der Waals surface area contributed by atoms with Crippen LogP contribution in [-0.2, 0) is 14.3 Å². The molecule has 1 N–H and O–H groups in total. The highest BCUT2D eigenvalue weighted by Gasteiger charge is 2.41. The van der Waals surface area contributed by atoms with E-state index in [2.05, 4.69) is 6.58 Å². The van der Waals surface area contributed by atoms with E-state index in [4.69, 9.17) is 4.74 Å². The lowest BCUT2D eigenvalue weighted by atomic mass is 9.89. The molecule has 4 unspecified atom stereocenters. The summed E-state index contributed by atoms with van der Waals surface area (Å²) >= 11 is 0. The van der Waals surface area contributed by atoms with E-state index in [0.29, 0.717) is 18.4 Å². The van der Waals surface area contributed by atoms with E-state index in [1.54, 1.807) is 6.92 Å². The summed E-state index contributed by atoms with van der Waals surface area (Å²) in [6.07, 6.45) is 2.51. The topological polar surface area (TPSA) is 63.6 Å². The molecule has 4 nitrogen and oxygen atoms in total. The summed E-state index contributed by atoms with van der Waals surface area (Å²) in [5, 5.41) is 9.32. The minimum atomic E-state index is -0.629. The van der Waals surface area contributed by atoms with Crippen molar-refractivity contribution >= 4 is 11.8 Å². The molecule has 1 fully saturated rings. The number of carbonyl (C=O) groups is 2. The lowest BCUT2D eigenvalue weighted by Crippen LogP contribution is -2.20. The molecule has 0 bridgehead atoms. The third-order valence-corrected chi connectivity index (χ3v) is 3.93. The maximum Gasteiger partial charge on any atom is 0.334 e. The Balaban J connectivity index is 2.16. The number of fused-ring (bicyclic) bond motifs is 1. The van der Waals surface area contributed by atoms with E-state index >= 15 is 0 Å². The summed E-state index contributed by atoms with van der Waals surface area (Å²) in [5.41, 5.74) is 1.26. The van der Waals surface area contributed by atoms with Gasteiger partial charge in [-0.1, -0.05) is 19.6 Å². The van der Waals surface area contributed by atoms with Crippen LogP contribution in [0.1, 0.15) is 33.1 Å². The van der Waals surface area contributed by atoms with Gasteiger partial charge in [0.15, 0.2) is 5.78 Å². The van der Waals surface area contributed by atoms with Crippen LogP contribution in [0.5, 0.6) is 0 Å². The van der Waals surface area contributed by atoms with Gasteiger partial charge in [0.1, 0.15) is 6.10 Å². The fraction of sp³-hybridized carbons (Fsp3) is 0.600. The van der Waals surface area contributed by atoms with E-state index in [0.717, 1.165) is 5.57 Å². The minimum Gasteiger partial charge on any atom is -0.458 e. The lowest BCUT2D eigenvalue weighted by Gasteiger charge is -2.18. The largest absolute Gasteiger partial charge is 0.458 e. The van der Waals surface area contributed by atoms with Crippen LogP contribution in [0.2, 0.25) is 0 Å². The Hall–Kier alpha value is -1.42. The molecule has 0 aromatic heterocycles. The van der Waals surface area contributed by atoms with Crippen LogP contribution in [-0.4, -0.2) is 29.1 Å². The van der Waals surface area contributed by atoms with Crippen LogP contribution >= 0.6 is 0 Å². The van der Waals surface area contributed by atoms with Gasteiger partial charge in [0, 0.05) is 17.9 Å². The van der Waals surface area contributed by atoms with Gasteiger partial charge in [-0.05, 0) is 31.3 Å². The first-order valence-corrected chi connectivity index (χ1v) is 6.71. The smallest absolute Gasteiger partial charge is 0.334 e. The third kappa shape index (κ3) is 2.78. The molecule has 0 aromatic rings. The Morgan fingerprint density at radius 2 is 2.32 bits per heavy atom. The molecule has 104 valence electrons. The molecule has 4 atom stereocenters. The molecule has 0 spiro atoms. The first kappa shape index (κ1) is 14.0. The molecule has 1 heterocycles. The number of ether oxygens (including phenoxy) is 1. The summed E-state index contributed by atoms with van der Waals surface area (Å²) in [4.78, 5) is 23.6. The number of Topliss-reactive ketones (excluding diaryl/α,β-unsaturated/α-hetero) is 1. The molecular weight excluding hydrogens is 244 g/mol. The zero-order valence-electron chi connectivity index (χ0n) is 11.4. The summed E-state index contributed by atoms with van der Waals surface area (Å²) in [5.74, 6) is -0.291. The fourth-order valence-corrected chi connectivity index (χ4v) is 2.88. The van der Waals surface area contributed by atoms with Gasteiger partial charge in [-0.2, -0.15) is 0 Å². The number of esters is 1. The highest BCUT2D eigenvalue weighted by molar-refractivity contribution is 5.96. The maximum absolute atomic E-state index is 12.1. The average Bonchev–Trinajstić information content (AvgIpc) is 2.47. The number of allylic oxidation sites excluding steroid dienone is 2. The predicted octanol–water partition coefficient (Wildman–Crippen LogP) is 1.78. The Labute approximate surface area is 113 Å². The molecule has 2 rings (SSSR count). The number of aliphatic hydroxyl groups is 1. The van der Waals surface area contributed by atoms with Crippen molar-refractivity contribution in [3.63, 3.8) is 0 Å². The molecule has 19 heavy (non-hydrogen) atoms. The number of ketones is 1. The van der Waals surface area contributed by atoms with Crippen molar-refractivity contribution in [2.24, 2.45) is 11.8 Å². The summed E-state index contributed by atoms with van der Waals surface area (Å²) in [6.45, 7) is 7.35. The maximum atomic E-state index is 12.1. The van der Waals surface area contributed by atoms with Crippen LogP contribution in [0.4, 0.5) is 0 Å². The van der Waals surface area contributed by atoms with Crippen molar-refractivity contribution < 1.29 is 19.4 Å². The van der Waals surface area contributed by atoms with E-state index in [9.17, 15) is 14.7 Å². The lowest BCUT2D eigenvalue weighted by molar-refractivity contribution is -0.139. The SMILES string of the molecule is C=C1C(=O)OC2CC(C)C(C(=O)CC(C)O)=CCC12. The molecule has 0 aromatic carbocycles. The Morgan fingerprint density at radius 1 is 1.63 bits per heavy atom. The van der Waals surface area contributed by atoms with Crippen molar-refractivity contribution in [3.05, 3.63) is 23.8 Å². The molecule has 1 saturated heterocycles. The van der Waals surface area contributed by atoms with Gasteiger partial charge in [0.05, 0.1) is 6.10 Å². The highest BCUT2D eigenvalue weighted by atomic mass is 16.6. The highest BCUT2D eigenvalue weighted by Crippen LogP contribution is 2.38. The molecule has 0 amide bonds. The van der Waals surface area contributed by atoms with Gasteiger partial charge in [-0.15, -0.1) is 0 Å². The second-order valence-electron chi connectivity index (χ2n) is 5.58. The van der Waals surface area contributed by atoms with Crippen molar-refractivity contribution in [3.8, 4) is 0 Å². The molecule has 1 aliphatic heterocycles. The number of rotatable bonds is 3. The Bertz CT molecular complexity index is 447. The normalized spacial score (nSPS) is 32.2. The van der Waals surface area contributed by atoms with Crippen molar-refractivity contribution in [2.75, 3.05) is 0 Å². The molecule has 2 aliphatic rings. The monoisotopic (exact) mass is 264 g/mol. The first-order chi connectivity index (χ1) is 8.90. The van der Waals surface area contributed by atoms with Crippen molar-refractivity contribution in [2.45, 2.75) is 45.3 Å². The van der Waals surface area contributed by atoms with Crippen LogP contribution in [0.15, 0.2) is 23.8 Å². The third-order valence-electron chi connectivity index (χ3n) is 3.93. The van der Waals surface area contributed by atoms with Crippen LogP contribution in [0.25, 0.3) is 0 Å². The molecule has 0 radical (unpaired) electrons. The number of carbonyl (C=O) groups excluding carboxylic acids is 2. The summed E-state index contributed by atoms with van der Waals surface area (Å²) in [6, 6.07) is 0. The van der Waals surface area contributed by atoms with Crippen LogP contribution in [0, 0.1) is 11.8 Å².